The van der Waals surface area contributed by atoms with E-state index in [-0.39, 0.29) is 11.3 Å². The van der Waals surface area contributed by atoms with Crippen molar-refractivity contribution < 1.29 is 4.79 Å². The monoisotopic (exact) mass is 456 g/mol. The highest BCUT2D eigenvalue weighted by molar-refractivity contribution is 8.00. The second-order valence-electron chi connectivity index (χ2n) is 8.57. The fraction of sp³-hybridized carbons (Fsp3) is 0.200. The number of hydrogen-bond acceptors (Lipinski definition) is 6. The number of anilines is 2. The first-order valence-corrected chi connectivity index (χ1v) is 11.2. The lowest BCUT2D eigenvalue weighted by molar-refractivity contribution is -0.114. The summed E-state index contributed by atoms with van der Waals surface area (Å²) in [6.07, 6.45) is 9.03. The van der Waals surface area contributed by atoms with Crippen molar-refractivity contribution in [1.29, 1.82) is 0 Å². The number of terminal acetylenes is 1. The molecule has 3 aromatic heterocycles. The molecule has 0 saturated heterocycles. The minimum Gasteiger partial charge on any atom is -0.323 e. The maximum atomic E-state index is 11.3. The molecule has 7 nitrogen and oxygen atoms in total. The van der Waals surface area contributed by atoms with Crippen LogP contribution in [0, 0.1) is 12.3 Å². The average Bonchev–Trinajstić information content (AvgIpc) is 3.17. The number of carbonyl (C=O) groups is 1. The highest BCUT2D eigenvalue weighted by Gasteiger charge is 2.13. The van der Waals surface area contributed by atoms with E-state index >= 15 is 0 Å². The van der Waals surface area contributed by atoms with Crippen LogP contribution in [0.3, 0.4) is 0 Å². The molecule has 2 N–H and O–H groups in total. The van der Waals surface area contributed by atoms with Gasteiger partial charge in [0.25, 0.3) is 0 Å². The van der Waals surface area contributed by atoms with Gasteiger partial charge in [-0.15, -0.1) is 6.42 Å². The number of hydrogen-bond donors (Lipinski definition) is 2. The average molecular weight is 457 g/mol. The molecule has 0 atom stereocenters. The Balaban J connectivity index is 1.57. The van der Waals surface area contributed by atoms with E-state index in [1.807, 2.05) is 18.2 Å². The van der Waals surface area contributed by atoms with Gasteiger partial charge in [-0.1, -0.05) is 32.9 Å². The summed E-state index contributed by atoms with van der Waals surface area (Å²) in [6.45, 7) is 8.02. The molecular weight excluding hydrogens is 432 g/mol. The van der Waals surface area contributed by atoms with Crippen molar-refractivity contribution in [2.24, 2.45) is 0 Å². The predicted octanol–water partition coefficient (Wildman–Crippen LogP) is 5.15. The van der Waals surface area contributed by atoms with E-state index in [2.05, 4.69) is 76.1 Å². The number of imidazole rings is 1. The largest absolute Gasteiger partial charge is 0.323 e. The molecule has 0 aliphatic rings. The summed E-state index contributed by atoms with van der Waals surface area (Å²) in [5.74, 6) is 2.89. The lowest BCUT2D eigenvalue weighted by Crippen LogP contribution is -2.10. The molecule has 33 heavy (non-hydrogen) atoms. The van der Waals surface area contributed by atoms with Crippen LogP contribution in [-0.4, -0.2) is 25.5 Å². The number of nitrogens with one attached hydrogen (secondary N) is 2. The van der Waals surface area contributed by atoms with Gasteiger partial charge in [0, 0.05) is 23.6 Å². The Morgan fingerprint density at radius 3 is 2.58 bits per heavy atom. The van der Waals surface area contributed by atoms with E-state index in [4.69, 9.17) is 6.42 Å². The van der Waals surface area contributed by atoms with Crippen molar-refractivity contribution in [3.63, 3.8) is 0 Å². The quantitative estimate of drug-likeness (QED) is 0.319. The third kappa shape index (κ3) is 5.16. The highest BCUT2D eigenvalue weighted by atomic mass is 32.2. The van der Waals surface area contributed by atoms with E-state index in [1.54, 1.807) is 16.9 Å². The number of aromatic nitrogens is 4. The Morgan fingerprint density at radius 1 is 1.15 bits per heavy atom. The lowest BCUT2D eigenvalue weighted by atomic mass is 9.87. The molecule has 8 heteroatoms. The normalized spacial score (nSPS) is 11.2. The molecule has 166 valence electrons. The zero-order valence-electron chi connectivity index (χ0n) is 18.9. The fourth-order valence-corrected chi connectivity index (χ4v) is 3.87. The number of nitrogens with zero attached hydrogens (tertiary/aromatic N) is 4. The van der Waals surface area contributed by atoms with Gasteiger partial charge in [0.1, 0.15) is 5.69 Å². The van der Waals surface area contributed by atoms with Crippen molar-refractivity contribution in [3.05, 3.63) is 66.1 Å². The number of rotatable bonds is 5. The third-order valence-electron chi connectivity index (χ3n) is 4.94. The summed E-state index contributed by atoms with van der Waals surface area (Å²) >= 11 is 1.48. The first-order chi connectivity index (χ1) is 15.7. The Labute approximate surface area is 197 Å². The second-order valence-corrected chi connectivity index (χ2v) is 9.45. The zero-order valence-corrected chi connectivity index (χ0v) is 19.7. The Hall–Kier alpha value is -3.83. The molecule has 4 aromatic rings. The SMILES string of the molecule is C#Cc1ncc(-c2ccc3nc(NC(C)=O)cn3n2)cc1NSc1ccc(C(C)(C)C)cc1. The maximum Gasteiger partial charge on any atom is 0.222 e. The minimum absolute atomic E-state index is 0.109. The van der Waals surface area contributed by atoms with E-state index in [9.17, 15) is 4.79 Å². The van der Waals surface area contributed by atoms with Crippen LogP contribution >= 0.6 is 11.9 Å². The van der Waals surface area contributed by atoms with Crippen molar-refractivity contribution in [2.45, 2.75) is 38.0 Å². The molecule has 4 rings (SSSR count). The summed E-state index contributed by atoms with van der Waals surface area (Å²) in [4.78, 5) is 21.1. The van der Waals surface area contributed by atoms with Gasteiger partial charge < -0.3 is 10.0 Å². The standard InChI is InChI=1S/C25H24N6OS/c1-6-20-22(30-33-19-9-7-18(8-10-19)25(3,4)5)13-17(14-26-20)21-11-12-24-28-23(27-16(2)32)15-31(24)29-21/h1,7-15,30H,2-5H3,(H,27,32). The number of benzene rings is 1. The van der Waals surface area contributed by atoms with Crippen LogP contribution in [0.1, 0.15) is 39.0 Å². The van der Waals surface area contributed by atoms with Crippen molar-refractivity contribution >= 4 is 35.0 Å². The van der Waals surface area contributed by atoms with Gasteiger partial charge in [-0.2, -0.15) is 5.10 Å². The highest BCUT2D eigenvalue weighted by Crippen LogP contribution is 2.29. The van der Waals surface area contributed by atoms with Crippen LogP contribution < -0.4 is 10.0 Å². The molecule has 0 radical (unpaired) electrons. The first-order valence-electron chi connectivity index (χ1n) is 10.4. The molecule has 0 aliphatic heterocycles. The Morgan fingerprint density at radius 2 is 1.91 bits per heavy atom. The smallest absolute Gasteiger partial charge is 0.222 e. The number of carbonyl (C=O) groups excluding carboxylic acids is 1. The third-order valence-corrected chi connectivity index (χ3v) is 5.77. The number of pyridine rings is 1. The molecule has 0 unspecified atom stereocenters. The maximum absolute atomic E-state index is 11.3. The molecule has 1 aromatic carbocycles. The summed E-state index contributed by atoms with van der Waals surface area (Å²) in [5, 5.41) is 7.26. The Kier molecular flexibility index (Phi) is 6.07. The number of amides is 1. The molecule has 0 bridgehead atoms. The molecule has 0 fully saturated rings. The van der Waals surface area contributed by atoms with Crippen molar-refractivity contribution in [3.8, 4) is 23.6 Å². The van der Waals surface area contributed by atoms with E-state index in [1.165, 1.54) is 24.4 Å². The van der Waals surface area contributed by atoms with Crippen LogP contribution in [0.5, 0.6) is 0 Å². The van der Waals surface area contributed by atoms with Crippen LogP contribution in [0.4, 0.5) is 11.5 Å². The Bertz CT molecular complexity index is 1360. The van der Waals surface area contributed by atoms with Gasteiger partial charge in [-0.05, 0) is 59.2 Å². The summed E-state index contributed by atoms with van der Waals surface area (Å²) in [6, 6.07) is 14.1. The van der Waals surface area contributed by atoms with E-state index in [0.29, 0.717) is 22.9 Å². The summed E-state index contributed by atoms with van der Waals surface area (Å²) < 4.78 is 4.95. The second kappa shape index (κ2) is 8.96. The molecule has 0 saturated carbocycles. The van der Waals surface area contributed by atoms with Crippen LogP contribution in [0.2, 0.25) is 0 Å². The predicted molar refractivity (Wildman–Crippen MR) is 133 cm³/mol. The first kappa shape index (κ1) is 22.4. The van der Waals surface area contributed by atoms with Gasteiger partial charge in [0.05, 0.1) is 17.6 Å². The topological polar surface area (TPSA) is 84.2 Å². The zero-order chi connectivity index (χ0) is 23.6. The lowest BCUT2D eigenvalue weighted by Gasteiger charge is -2.19. The molecule has 0 spiro atoms. The molecule has 3 heterocycles. The molecule has 0 aliphatic carbocycles. The van der Waals surface area contributed by atoms with E-state index < -0.39 is 0 Å². The van der Waals surface area contributed by atoms with Gasteiger partial charge in [-0.25, -0.2) is 14.5 Å². The minimum atomic E-state index is -0.186. The van der Waals surface area contributed by atoms with Gasteiger partial charge in [-0.3, -0.25) is 4.79 Å². The summed E-state index contributed by atoms with van der Waals surface area (Å²) in [5.41, 5.74) is 4.77. The fourth-order valence-electron chi connectivity index (χ4n) is 3.21. The van der Waals surface area contributed by atoms with Crippen molar-refractivity contribution in [2.75, 3.05) is 10.0 Å². The van der Waals surface area contributed by atoms with Gasteiger partial charge >= 0.3 is 0 Å². The van der Waals surface area contributed by atoms with Gasteiger partial charge in [0.15, 0.2) is 11.5 Å². The molecule has 1 amide bonds. The molecular formula is C25H24N6OS. The van der Waals surface area contributed by atoms with Crippen LogP contribution in [0.25, 0.3) is 16.9 Å². The van der Waals surface area contributed by atoms with Crippen LogP contribution in [0.15, 0.2) is 59.8 Å². The van der Waals surface area contributed by atoms with E-state index in [0.717, 1.165) is 16.1 Å². The van der Waals surface area contributed by atoms with Gasteiger partial charge in [0.2, 0.25) is 5.91 Å². The van der Waals surface area contributed by atoms with Crippen molar-refractivity contribution in [1.82, 2.24) is 19.6 Å². The van der Waals surface area contributed by atoms with Crippen LogP contribution in [-0.2, 0) is 10.2 Å². The number of fused-ring (bicyclic) bond motifs is 1. The summed E-state index contributed by atoms with van der Waals surface area (Å²) in [7, 11) is 0.